The van der Waals surface area contributed by atoms with Crippen molar-refractivity contribution in [3.05, 3.63) is 34.7 Å². The van der Waals surface area contributed by atoms with Gasteiger partial charge in [-0.2, -0.15) is 0 Å². The van der Waals surface area contributed by atoms with Gasteiger partial charge >= 0.3 is 5.97 Å². The van der Waals surface area contributed by atoms with E-state index in [9.17, 15) is 9.59 Å². The number of benzene rings is 1. The minimum absolute atomic E-state index is 0.136. The molecule has 1 amide bonds. The highest BCUT2D eigenvalue weighted by molar-refractivity contribution is 7.17. The van der Waals surface area contributed by atoms with Gasteiger partial charge < -0.3 is 10.4 Å². The third-order valence-electron chi connectivity index (χ3n) is 2.97. The largest absolute Gasteiger partial charge is 0.481 e. The molecule has 1 aromatic carbocycles. The number of hydrogen-bond donors (Lipinski definition) is 2. The van der Waals surface area contributed by atoms with Crippen LogP contribution in [0.1, 0.15) is 22.8 Å². The van der Waals surface area contributed by atoms with Gasteiger partial charge in [-0.05, 0) is 18.6 Å². The van der Waals surface area contributed by atoms with Gasteiger partial charge in [0.1, 0.15) is 0 Å². The zero-order valence-corrected chi connectivity index (χ0v) is 11.6. The first-order chi connectivity index (χ1) is 8.99. The Morgan fingerprint density at radius 3 is 2.84 bits per heavy atom. The number of carboxylic acid groups (broad SMARTS) is 1. The lowest BCUT2D eigenvalue weighted by molar-refractivity contribution is -0.140. The smallest absolute Gasteiger partial charge is 0.308 e. The van der Waals surface area contributed by atoms with Crippen LogP contribution < -0.4 is 5.32 Å². The summed E-state index contributed by atoms with van der Waals surface area (Å²) in [6.45, 7) is 3.71. The minimum atomic E-state index is -0.911. The topological polar surface area (TPSA) is 66.4 Å². The number of hydrogen-bond acceptors (Lipinski definition) is 3. The van der Waals surface area contributed by atoms with E-state index in [1.54, 1.807) is 6.92 Å². The lowest BCUT2D eigenvalue weighted by Crippen LogP contribution is -2.31. The Labute approximate surface area is 115 Å². The quantitative estimate of drug-likeness (QED) is 0.903. The first-order valence-electron chi connectivity index (χ1n) is 5.98. The highest BCUT2D eigenvalue weighted by Gasteiger charge is 2.15. The average Bonchev–Trinajstić information content (AvgIpc) is 2.78. The van der Waals surface area contributed by atoms with Gasteiger partial charge in [-0.15, -0.1) is 11.3 Å². The molecule has 0 saturated carbocycles. The molecule has 100 valence electrons. The summed E-state index contributed by atoms with van der Waals surface area (Å²) in [5.74, 6) is -1.72. The third-order valence-corrected chi connectivity index (χ3v) is 3.91. The van der Waals surface area contributed by atoms with E-state index in [-0.39, 0.29) is 12.5 Å². The Balaban J connectivity index is 2.16. The molecule has 1 atom stereocenters. The second-order valence-corrected chi connectivity index (χ2v) is 5.51. The van der Waals surface area contributed by atoms with Crippen molar-refractivity contribution in [2.24, 2.45) is 5.92 Å². The number of amides is 1. The summed E-state index contributed by atoms with van der Waals surface area (Å²) >= 11 is 1.52. The van der Waals surface area contributed by atoms with E-state index in [0.29, 0.717) is 5.56 Å². The Morgan fingerprint density at radius 2 is 2.16 bits per heavy atom. The third kappa shape index (κ3) is 2.93. The number of carbonyl (C=O) groups excluding carboxylic acids is 1. The molecule has 0 saturated heterocycles. The Bertz CT molecular complexity index is 633. The Hall–Kier alpha value is -1.88. The summed E-state index contributed by atoms with van der Waals surface area (Å²) in [4.78, 5) is 22.7. The Morgan fingerprint density at radius 1 is 1.42 bits per heavy atom. The zero-order valence-electron chi connectivity index (χ0n) is 10.8. The lowest BCUT2D eigenvalue weighted by Gasteiger charge is -2.07. The predicted molar refractivity (Wildman–Crippen MR) is 75.7 cm³/mol. The number of carbonyl (C=O) groups is 2. The SMILES string of the molecule is Cc1ccc2c(C(=O)NCC(C)C(=O)O)csc2c1. The molecular formula is C14H15NO3S. The van der Waals surface area contributed by atoms with Crippen LogP contribution in [-0.2, 0) is 4.79 Å². The molecular weight excluding hydrogens is 262 g/mol. The fourth-order valence-corrected chi connectivity index (χ4v) is 2.78. The van der Waals surface area contributed by atoms with E-state index in [0.717, 1.165) is 15.6 Å². The van der Waals surface area contributed by atoms with Crippen LogP contribution in [0.25, 0.3) is 10.1 Å². The van der Waals surface area contributed by atoms with Crippen LogP contribution in [0, 0.1) is 12.8 Å². The molecule has 0 fully saturated rings. The van der Waals surface area contributed by atoms with Crippen LogP contribution in [0.2, 0.25) is 0 Å². The van der Waals surface area contributed by atoms with Gasteiger partial charge in [-0.25, -0.2) is 0 Å². The number of carboxylic acids is 1. The molecule has 2 N–H and O–H groups in total. The minimum Gasteiger partial charge on any atom is -0.481 e. The number of fused-ring (bicyclic) bond motifs is 1. The highest BCUT2D eigenvalue weighted by atomic mass is 32.1. The summed E-state index contributed by atoms with van der Waals surface area (Å²) in [5.41, 5.74) is 1.76. The molecule has 4 nitrogen and oxygen atoms in total. The molecule has 1 aromatic heterocycles. The van der Waals surface area contributed by atoms with Gasteiger partial charge in [0.25, 0.3) is 5.91 Å². The van der Waals surface area contributed by atoms with Gasteiger partial charge in [0, 0.05) is 22.0 Å². The maximum atomic E-state index is 12.0. The molecule has 0 spiro atoms. The zero-order chi connectivity index (χ0) is 14.0. The fraction of sp³-hybridized carbons (Fsp3) is 0.286. The molecule has 5 heteroatoms. The van der Waals surface area contributed by atoms with Crippen LogP contribution >= 0.6 is 11.3 Å². The van der Waals surface area contributed by atoms with Crippen LogP contribution in [0.5, 0.6) is 0 Å². The first-order valence-corrected chi connectivity index (χ1v) is 6.86. The molecule has 0 radical (unpaired) electrons. The summed E-state index contributed by atoms with van der Waals surface area (Å²) in [6, 6.07) is 5.93. The molecule has 1 unspecified atom stereocenters. The summed E-state index contributed by atoms with van der Waals surface area (Å²) in [6.07, 6.45) is 0. The van der Waals surface area contributed by atoms with Crippen molar-refractivity contribution in [1.82, 2.24) is 5.32 Å². The normalized spacial score (nSPS) is 12.3. The predicted octanol–water partition coefficient (Wildman–Crippen LogP) is 2.66. The lowest BCUT2D eigenvalue weighted by atomic mass is 10.1. The summed E-state index contributed by atoms with van der Waals surface area (Å²) in [7, 11) is 0. The van der Waals surface area contributed by atoms with Crippen LogP contribution in [0.3, 0.4) is 0 Å². The standard InChI is InChI=1S/C14H15NO3S/c1-8-3-4-10-11(7-19-12(10)5-8)13(16)15-6-9(2)14(17)18/h3-5,7,9H,6H2,1-2H3,(H,15,16)(H,17,18). The van der Waals surface area contributed by atoms with Gasteiger partial charge in [0.15, 0.2) is 0 Å². The van der Waals surface area contributed by atoms with Gasteiger partial charge in [-0.1, -0.05) is 19.1 Å². The van der Waals surface area contributed by atoms with Gasteiger partial charge in [-0.3, -0.25) is 9.59 Å². The van der Waals surface area contributed by atoms with E-state index in [1.807, 2.05) is 30.5 Å². The van der Waals surface area contributed by atoms with Crippen molar-refractivity contribution in [3.8, 4) is 0 Å². The molecule has 0 aliphatic heterocycles. The van der Waals surface area contributed by atoms with Crippen LogP contribution in [-0.4, -0.2) is 23.5 Å². The second kappa shape index (κ2) is 5.40. The molecule has 0 aliphatic carbocycles. The van der Waals surface area contributed by atoms with Crippen LogP contribution in [0.4, 0.5) is 0 Å². The molecule has 2 aromatic rings. The van der Waals surface area contributed by atoms with Gasteiger partial charge in [0.2, 0.25) is 0 Å². The highest BCUT2D eigenvalue weighted by Crippen LogP contribution is 2.26. The van der Waals surface area contributed by atoms with E-state index in [2.05, 4.69) is 5.32 Å². The molecule has 0 bridgehead atoms. The van der Waals surface area contributed by atoms with Gasteiger partial charge in [0.05, 0.1) is 11.5 Å². The van der Waals surface area contributed by atoms with Crippen molar-refractivity contribution in [3.63, 3.8) is 0 Å². The van der Waals surface area contributed by atoms with E-state index < -0.39 is 11.9 Å². The molecule has 1 heterocycles. The monoisotopic (exact) mass is 277 g/mol. The molecule has 2 rings (SSSR count). The van der Waals surface area contributed by atoms with Crippen molar-refractivity contribution < 1.29 is 14.7 Å². The number of aryl methyl sites for hydroxylation is 1. The maximum Gasteiger partial charge on any atom is 0.308 e. The van der Waals surface area contributed by atoms with Crippen LogP contribution in [0.15, 0.2) is 23.6 Å². The Kier molecular flexibility index (Phi) is 3.85. The summed E-state index contributed by atoms with van der Waals surface area (Å²) in [5, 5.41) is 14.2. The van der Waals surface area contributed by atoms with Crippen molar-refractivity contribution >= 4 is 33.3 Å². The van der Waals surface area contributed by atoms with E-state index >= 15 is 0 Å². The second-order valence-electron chi connectivity index (χ2n) is 4.60. The van der Waals surface area contributed by atoms with E-state index in [1.165, 1.54) is 11.3 Å². The number of aliphatic carboxylic acids is 1. The van der Waals surface area contributed by atoms with Crippen molar-refractivity contribution in [2.75, 3.05) is 6.54 Å². The summed E-state index contributed by atoms with van der Waals surface area (Å²) < 4.78 is 1.07. The van der Waals surface area contributed by atoms with E-state index in [4.69, 9.17) is 5.11 Å². The number of nitrogens with one attached hydrogen (secondary N) is 1. The molecule has 0 aliphatic rings. The number of thiophene rings is 1. The molecule has 19 heavy (non-hydrogen) atoms. The fourth-order valence-electron chi connectivity index (χ4n) is 1.74. The number of rotatable bonds is 4. The average molecular weight is 277 g/mol. The van der Waals surface area contributed by atoms with Crippen molar-refractivity contribution in [2.45, 2.75) is 13.8 Å². The van der Waals surface area contributed by atoms with Crippen molar-refractivity contribution in [1.29, 1.82) is 0 Å². The first kappa shape index (κ1) is 13.5. The maximum absolute atomic E-state index is 12.0.